The number of hydrogen-bond donors (Lipinski definition) is 1. The summed E-state index contributed by atoms with van der Waals surface area (Å²) in [5, 5.41) is 3.08. The molecule has 144 valence electrons. The first-order chi connectivity index (χ1) is 12.4. The molecule has 1 aliphatic carbocycles. The summed E-state index contributed by atoms with van der Waals surface area (Å²) in [5.74, 6) is -0.183. The molecule has 5 nitrogen and oxygen atoms in total. The first-order valence-electron chi connectivity index (χ1n) is 9.50. The van der Waals surface area contributed by atoms with Crippen molar-refractivity contribution in [3.63, 3.8) is 0 Å². The number of hydrogen-bond acceptors (Lipinski definition) is 3. The molecule has 7 heteroatoms. The highest BCUT2D eigenvalue weighted by Crippen LogP contribution is 2.26. The zero-order valence-electron chi connectivity index (χ0n) is 15.0. The maximum Gasteiger partial charge on any atom is 0.243 e. The van der Waals surface area contributed by atoms with Gasteiger partial charge in [-0.1, -0.05) is 12.8 Å². The van der Waals surface area contributed by atoms with Crippen LogP contribution in [0.4, 0.5) is 4.39 Å². The van der Waals surface area contributed by atoms with Crippen molar-refractivity contribution < 1.29 is 17.6 Å². The Labute approximate surface area is 155 Å². The first kappa shape index (κ1) is 19.3. The van der Waals surface area contributed by atoms with Crippen molar-refractivity contribution in [2.24, 2.45) is 5.92 Å². The van der Waals surface area contributed by atoms with Crippen molar-refractivity contribution in [3.05, 3.63) is 30.1 Å². The minimum Gasteiger partial charge on any atom is -0.353 e. The predicted molar refractivity (Wildman–Crippen MR) is 97.5 cm³/mol. The molecule has 3 rings (SSSR count). The lowest BCUT2D eigenvalue weighted by Crippen LogP contribution is -2.40. The normalized spacial score (nSPS) is 22.4. The number of nitrogens with one attached hydrogen (secondary N) is 1. The Kier molecular flexibility index (Phi) is 6.29. The van der Waals surface area contributed by atoms with Crippen LogP contribution in [0.3, 0.4) is 0 Å². The van der Waals surface area contributed by atoms with E-state index in [9.17, 15) is 17.6 Å². The van der Waals surface area contributed by atoms with Gasteiger partial charge in [-0.2, -0.15) is 4.31 Å². The van der Waals surface area contributed by atoms with Gasteiger partial charge in [-0.25, -0.2) is 12.8 Å². The van der Waals surface area contributed by atoms with E-state index in [1.54, 1.807) is 0 Å². The van der Waals surface area contributed by atoms with Crippen LogP contribution in [0, 0.1) is 11.7 Å². The lowest BCUT2D eigenvalue weighted by molar-refractivity contribution is -0.122. The quantitative estimate of drug-likeness (QED) is 0.822. The van der Waals surface area contributed by atoms with Crippen LogP contribution in [0.5, 0.6) is 0 Å². The number of carbonyl (C=O) groups excluding carboxylic acids is 1. The van der Waals surface area contributed by atoms with E-state index in [1.165, 1.54) is 41.4 Å². The smallest absolute Gasteiger partial charge is 0.243 e. The van der Waals surface area contributed by atoms with E-state index in [1.807, 2.05) is 0 Å². The summed E-state index contributed by atoms with van der Waals surface area (Å²) in [6.07, 6.45) is 7.38. The second kappa shape index (κ2) is 8.48. The fraction of sp³-hybridized carbons (Fsp3) is 0.632. The fourth-order valence-electron chi connectivity index (χ4n) is 3.94. The van der Waals surface area contributed by atoms with Gasteiger partial charge in [0, 0.05) is 25.6 Å². The number of nitrogens with zero attached hydrogens (tertiary/aromatic N) is 1. The fourth-order valence-corrected chi connectivity index (χ4v) is 5.50. The molecule has 1 unspecified atom stereocenters. The molecule has 0 bridgehead atoms. The van der Waals surface area contributed by atoms with Crippen LogP contribution in [0.1, 0.15) is 51.4 Å². The summed E-state index contributed by atoms with van der Waals surface area (Å²) in [6, 6.07) is 5.28. The highest BCUT2D eigenvalue weighted by Gasteiger charge is 2.30. The monoisotopic (exact) mass is 382 g/mol. The minimum absolute atomic E-state index is 0.0791. The molecule has 1 atom stereocenters. The van der Waals surface area contributed by atoms with E-state index in [-0.39, 0.29) is 16.7 Å². The van der Waals surface area contributed by atoms with Gasteiger partial charge in [0.05, 0.1) is 4.90 Å². The van der Waals surface area contributed by atoms with Gasteiger partial charge in [0.1, 0.15) is 5.82 Å². The molecular formula is C19H27FN2O3S. The van der Waals surface area contributed by atoms with Crippen LogP contribution in [0.25, 0.3) is 0 Å². The molecule has 1 amide bonds. The van der Waals surface area contributed by atoms with Crippen molar-refractivity contribution in [3.8, 4) is 0 Å². The molecule has 1 N–H and O–H groups in total. The number of benzene rings is 1. The third-order valence-corrected chi connectivity index (χ3v) is 7.31. The summed E-state index contributed by atoms with van der Waals surface area (Å²) in [6.45, 7) is 0.904. The number of piperidine rings is 1. The Bertz CT molecular complexity index is 715. The maximum absolute atomic E-state index is 13.1. The molecule has 1 heterocycles. The third kappa shape index (κ3) is 4.82. The molecule has 0 radical (unpaired) electrons. The molecule has 1 aromatic carbocycles. The summed E-state index contributed by atoms with van der Waals surface area (Å²) in [7, 11) is -3.60. The topological polar surface area (TPSA) is 66.5 Å². The molecule has 2 fully saturated rings. The Morgan fingerprint density at radius 3 is 2.50 bits per heavy atom. The second-order valence-electron chi connectivity index (χ2n) is 7.41. The maximum atomic E-state index is 13.1. The summed E-state index contributed by atoms with van der Waals surface area (Å²) < 4.78 is 40.0. The van der Waals surface area contributed by atoms with Crippen molar-refractivity contribution in [2.75, 3.05) is 13.1 Å². The van der Waals surface area contributed by atoms with Crippen molar-refractivity contribution in [2.45, 2.75) is 62.3 Å². The van der Waals surface area contributed by atoms with Gasteiger partial charge >= 0.3 is 0 Å². The second-order valence-corrected chi connectivity index (χ2v) is 9.35. The highest BCUT2D eigenvalue weighted by atomic mass is 32.2. The Morgan fingerprint density at radius 2 is 1.81 bits per heavy atom. The number of rotatable bonds is 6. The van der Waals surface area contributed by atoms with Gasteiger partial charge < -0.3 is 5.32 Å². The van der Waals surface area contributed by atoms with Crippen molar-refractivity contribution in [1.82, 2.24) is 9.62 Å². The summed E-state index contributed by atoms with van der Waals surface area (Å²) in [5.41, 5.74) is 0. The van der Waals surface area contributed by atoms with Crippen molar-refractivity contribution >= 4 is 15.9 Å². The van der Waals surface area contributed by atoms with Crippen LogP contribution in [0.2, 0.25) is 0 Å². The Morgan fingerprint density at radius 1 is 1.12 bits per heavy atom. The van der Waals surface area contributed by atoms with E-state index >= 15 is 0 Å². The number of sulfonamides is 1. The average molecular weight is 383 g/mol. The summed E-state index contributed by atoms with van der Waals surface area (Å²) in [4.78, 5) is 12.2. The van der Waals surface area contributed by atoms with Crippen LogP contribution in [-0.4, -0.2) is 37.8 Å². The largest absolute Gasteiger partial charge is 0.353 e. The van der Waals surface area contributed by atoms with Gasteiger partial charge in [0.15, 0.2) is 0 Å². The molecule has 26 heavy (non-hydrogen) atoms. The van der Waals surface area contributed by atoms with E-state index in [0.29, 0.717) is 32.0 Å². The predicted octanol–water partition coefficient (Wildman–Crippen LogP) is 3.07. The molecule has 1 saturated carbocycles. The molecule has 0 aromatic heterocycles. The van der Waals surface area contributed by atoms with Crippen LogP contribution in [-0.2, 0) is 14.8 Å². The van der Waals surface area contributed by atoms with E-state index < -0.39 is 15.8 Å². The lowest BCUT2D eigenvalue weighted by atomic mass is 9.94. The van der Waals surface area contributed by atoms with E-state index in [0.717, 1.165) is 25.7 Å². The molecule has 1 aromatic rings. The molecule has 1 aliphatic heterocycles. The Hall–Kier alpha value is -1.47. The van der Waals surface area contributed by atoms with E-state index in [2.05, 4.69) is 5.32 Å². The van der Waals surface area contributed by atoms with Crippen molar-refractivity contribution in [1.29, 1.82) is 0 Å². The third-order valence-electron chi connectivity index (χ3n) is 5.43. The van der Waals surface area contributed by atoms with Gasteiger partial charge in [-0.05, 0) is 62.3 Å². The zero-order valence-corrected chi connectivity index (χ0v) is 15.8. The van der Waals surface area contributed by atoms with Gasteiger partial charge in [0.2, 0.25) is 15.9 Å². The Balaban J connectivity index is 1.53. The molecule has 2 aliphatic rings. The van der Waals surface area contributed by atoms with Gasteiger partial charge in [-0.3, -0.25) is 4.79 Å². The lowest BCUT2D eigenvalue weighted by Gasteiger charge is -2.32. The zero-order chi connectivity index (χ0) is 18.6. The molecular weight excluding hydrogens is 355 g/mol. The van der Waals surface area contributed by atoms with Gasteiger partial charge in [0.25, 0.3) is 0 Å². The standard InChI is InChI=1S/C19H27FN2O3S/c20-16-8-10-18(11-9-16)26(24,25)22-13-3-4-15(14-22)7-12-19(23)21-17-5-1-2-6-17/h8-11,15,17H,1-7,12-14H2,(H,21,23). The SMILES string of the molecule is O=C(CCC1CCCN(S(=O)(=O)c2ccc(F)cc2)C1)NC1CCCC1. The van der Waals surface area contributed by atoms with Crippen LogP contribution >= 0.6 is 0 Å². The first-order valence-corrected chi connectivity index (χ1v) is 10.9. The van der Waals surface area contributed by atoms with E-state index in [4.69, 9.17) is 0 Å². The average Bonchev–Trinajstić information content (AvgIpc) is 3.13. The highest BCUT2D eigenvalue weighted by molar-refractivity contribution is 7.89. The number of amides is 1. The minimum atomic E-state index is -3.60. The van der Waals surface area contributed by atoms with Gasteiger partial charge in [-0.15, -0.1) is 0 Å². The van der Waals surface area contributed by atoms with Crippen LogP contribution < -0.4 is 5.32 Å². The number of halogens is 1. The molecule has 0 spiro atoms. The molecule has 1 saturated heterocycles. The summed E-state index contributed by atoms with van der Waals surface area (Å²) >= 11 is 0. The van der Waals surface area contributed by atoms with Crippen LogP contribution in [0.15, 0.2) is 29.2 Å². The number of carbonyl (C=O) groups is 1.